The molecule has 1 atom stereocenters. The highest BCUT2D eigenvalue weighted by Gasteiger charge is 2.30. The molecule has 0 saturated heterocycles. The number of pyridine rings is 1. The van der Waals surface area contributed by atoms with Crippen LogP contribution in [0.4, 0.5) is 0 Å². The minimum Gasteiger partial charge on any atom is -0.360 e. The molecule has 1 aliphatic carbocycles. The Morgan fingerprint density at radius 2 is 2.21 bits per heavy atom. The summed E-state index contributed by atoms with van der Waals surface area (Å²) in [5.74, 6) is 0.666. The van der Waals surface area contributed by atoms with Gasteiger partial charge >= 0.3 is 0 Å². The van der Waals surface area contributed by atoms with Crippen LogP contribution in [0.15, 0.2) is 24.4 Å². The van der Waals surface area contributed by atoms with Crippen LogP contribution < -0.4 is 5.73 Å². The summed E-state index contributed by atoms with van der Waals surface area (Å²) >= 11 is 0. The maximum absolute atomic E-state index is 6.09. The smallest absolute Gasteiger partial charge is 0.0882 e. The Labute approximate surface area is 82.3 Å². The van der Waals surface area contributed by atoms with Gasteiger partial charge in [-0.05, 0) is 37.0 Å². The quantitative estimate of drug-likeness (QED) is 0.755. The zero-order valence-electron chi connectivity index (χ0n) is 7.90. The van der Waals surface area contributed by atoms with Crippen LogP contribution >= 0.6 is 0 Å². The van der Waals surface area contributed by atoms with E-state index in [1.165, 1.54) is 12.8 Å². The number of nitrogens with two attached hydrogens (primary N) is 1. The number of hydrogen-bond acceptors (Lipinski definition) is 2. The van der Waals surface area contributed by atoms with Gasteiger partial charge in [0.1, 0.15) is 0 Å². The maximum atomic E-state index is 6.09. The Morgan fingerprint density at radius 1 is 1.36 bits per heavy atom. The third-order valence-electron chi connectivity index (χ3n) is 2.90. The van der Waals surface area contributed by atoms with Gasteiger partial charge in [0.05, 0.1) is 16.7 Å². The first kappa shape index (κ1) is 8.00. The van der Waals surface area contributed by atoms with Gasteiger partial charge in [-0.3, -0.25) is 0 Å². The molecule has 3 N–H and O–H groups in total. The van der Waals surface area contributed by atoms with Gasteiger partial charge in [-0.15, -0.1) is 0 Å². The summed E-state index contributed by atoms with van der Waals surface area (Å²) in [5.41, 5.74) is 9.21. The van der Waals surface area contributed by atoms with Crippen LogP contribution in [-0.4, -0.2) is 9.97 Å². The van der Waals surface area contributed by atoms with Crippen LogP contribution in [0.5, 0.6) is 0 Å². The first-order valence-electron chi connectivity index (χ1n) is 5.04. The molecule has 0 radical (unpaired) electrons. The lowest BCUT2D eigenvalue weighted by atomic mass is 10.1. The molecule has 0 spiro atoms. The van der Waals surface area contributed by atoms with E-state index in [9.17, 15) is 0 Å². The van der Waals surface area contributed by atoms with Crippen molar-refractivity contribution < 1.29 is 0 Å². The monoisotopic (exact) mass is 187 g/mol. The molecule has 2 aromatic heterocycles. The van der Waals surface area contributed by atoms with E-state index in [1.54, 1.807) is 0 Å². The number of rotatable bonds is 2. The minimum atomic E-state index is 0.134. The van der Waals surface area contributed by atoms with E-state index in [4.69, 9.17) is 5.73 Å². The van der Waals surface area contributed by atoms with Gasteiger partial charge in [-0.1, -0.05) is 0 Å². The van der Waals surface area contributed by atoms with Gasteiger partial charge in [-0.25, -0.2) is 4.98 Å². The maximum Gasteiger partial charge on any atom is 0.0882 e. The SMILES string of the molecule is N[C@@H](c1ccc2[nH]ccc2n1)C1CC1. The highest BCUT2D eigenvalue weighted by molar-refractivity contribution is 5.74. The lowest BCUT2D eigenvalue weighted by Gasteiger charge is -2.08. The molecule has 1 saturated carbocycles. The number of aromatic nitrogens is 2. The molecule has 3 rings (SSSR count). The third-order valence-corrected chi connectivity index (χ3v) is 2.90. The van der Waals surface area contributed by atoms with Crippen molar-refractivity contribution in [1.29, 1.82) is 0 Å². The fraction of sp³-hybridized carbons (Fsp3) is 0.364. The number of H-pyrrole nitrogens is 1. The van der Waals surface area contributed by atoms with E-state index >= 15 is 0 Å². The summed E-state index contributed by atoms with van der Waals surface area (Å²) in [5, 5.41) is 0. The highest BCUT2D eigenvalue weighted by atomic mass is 14.8. The van der Waals surface area contributed by atoms with Crippen molar-refractivity contribution in [1.82, 2.24) is 9.97 Å². The van der Waals surface area contributed by atoms with Crippen molar-refractivity contribution in [2.24, 2.45) is 11.7 Å². The molecule has 0 bridgehead atoms. The first-order chi connectivity index (χ1) is 6.84. The average Bonchev–Trinajstić information content (AvgIpc) is 2.95. The molecule has 14 heavy (non-hydrogen) atoms. The van der Waals surface area contributed by atoms with Crippen molar-refractivity contribution in [3.05, 3.63) is 30.1 Å². The van der Waals surface area contributed by atoms with E-state index in [2.05, 4.69) is 16.0 Å². The van der Waals surface area contributed by atoms with Gasteiger partial charge < -0.3 is 10.7 Å². The number of nitrogens with zero attached hydrogens (tertiary/aromatic N) is 1. The normalized spacial score (nSPS) is 18.6. The van der Waals surface area contributed by atoms with Gasteiger partial charge in [0.15, 0.2) is 0 Å². The molecule has 1 fully saturated rings. The van der Waals surface area contributed by atoms with Crippen LogP contribution in [0.1, 0.15) is 24.6 Å². The molecule has 3 heteroatoms. The zero-order valence-corrected chi connectivity index (χ0v) is 7.90. The minimum absolute atomic E-state index is 0.134. The summed E-state index contributed by atoms with van der Waals surface area (Å²) in [7, 11) is 0. The number of aromatic amines is 1. The van der Waals surface area contributed by atoms with E-state index in [1.807, 2.05) is 18.3 Å². The standard InChI is InChI=1S/C11H13N3/c12-11(7-1-2-7)10-4-3-8-9(14-10)5-6-13-8/h3-7,11,13H,1-2,12H2/t11-/m1/s1. The molecule has 2 aromatic rings. The topological polar surface area (TPSA) is 54.7 Å². The largest absolute Gasteiger partial charge is 0.360 e. The number of fused-ring (bicyclic) bond motifs is 1. The number of nitrogens with one attached hydrogen (secondary N) is 1. The molecular weight excluding hydrogens is 174 g/mol. The van der Waals surface area contributed by atoms with E-state index in [-0.39, 0.29) is 6.04 Å². The van der Waals surface area contributed by atoms with Crippen molar-refractivity contribution in [2.75, 3.05) is 0 Å². The van der Waals surface area contributed by atoms with Gasteiger partial charge in [0.25, 0.3) is 0 Å². The van der Waals surface area contributed by atoms with Crippen LogP contribution in [0.2, 0.25) is 0 Å². The van der Waals surface area contributed by atoms with Gasteiger partial charge in [-0.2, -0.15) is 0 Å². The summed E-state index contributed by atoms with van der Waals surface area (Å²) in [4.78, 5) is 7.67. The van der Waals surface area contributed by atoms with Crippen molar-refractivity contribution in [3.8, 4) is 0 Å². The summed E-state index contributed by atoms with van der Waals surface area (Å²) in [6.45, 7) is 0. The Kier molecular flexibility index (Phi) is 1.61. The predicted molar refractivity (Wildman–Crippen MR) is 55.7 cm³/mol. The van der Waals surface area contributed by atoms with Gasteiger partial charge in [0, 0.05) is 12.2 Å². The molecular formula is C11H13N3. The van der Waals surface area contributed by atoms with E-state index in [0.29, 0.717) is 5.92 Å². The molecule has 0 aromatic carbocycles. The second kappa shape index (κ2) is 2.82. The fourth-order valence-corrected chi connectivity index (χ4v) is 1.83. The van der Waals surface area contributed by atoms with E-state index in [0.717, 1.165) is 16.7 Å². The average molecular weight is 187 g/mol. The number of hydrogen-bond donors (Lipinski definition) is 2. The molecule has 0 unspecified atom stereocenters. The van der Waals surface area contributed by atoms with E-state index < -0.39 is 0 Å². The first-order valence-corrected chi connectivity index (χ1v) is 5.04. The third kappa shape index (κ3) is 1.21. The van der Waals surface area contributed by atoms with Crippen LogP contribution in [-0.2, 0) is 0 Å². The van der Waals surface area contributed by atoms with Gasteiger partial charge in [0.2, 0.25) is 0 Å². The Balaban J connectivity index is 2.03. The van der Waals surface area contributed by atoms with Crippen molar-refractivity contribution in [3.63, 3.8) is 0 Å². The molecule has 1 aliphatic rings. The Hall–Kier alpha value is -1.35. The van der Waals surface area contributed by atoms with Crippen molar-refractivity contribution in [2.45, 2.75) is 18.9 Å². The molecule has 72 valence electrons. The summed E-state index contributed by atoms with van der Waals surface area (Å²) in [6, 6.07) is 6.20. The predicted octanol–water partition coefficient (Wildman–Crippen LogP) is 1.97. The summed E-state index contributed by atoms with van der Waals surface area (Å²) < 4.78 is 0. The lowest BCUT2D eigenvalue weighted by Crippen LogP contribution is -2.13. The van der Waals surface area contributed by atoms with Crippen molar-refractivity contribution >= 4 is 11.0 Å². The zero-order chi connectivity index (χ0) is 9.54. The van der Waals surface area contributed by atoms with Crippen LogP contribution in [0.25, 0.3) is 11.0 Å². The molecule has 2 heterocycles. The molecule has 3 nitrogen and oxygen atoms in total. The second-order valence-corrected chi connectivity index (χ2v) is 4.01. The van der Waals surface area contributed by atoms with Crippen LogP contribution in [0, 0.1) is 5.92 Å². The van der Waals surface area contributed by atoms with Crippen LogP contribution in [0.3, 0.4) is 0 Å². The lowest BCUT2D eigenvalue weighted by molar-refractivity contribution is 0.617. The highest BCUT2D eigenvalue weighted by Crippen LogP contribution is 2.38. The second-order valence-electron chi connectivity index (χ2n) is 4.01. The Morgan fingerprint density at radius 3 is 3.00 bits per heavy atom. The molecule has 0 amide bonds. The summed E-state index contributed by atoms with van der Waals surface area (Å²) in [6.07, 6.45) is 4.42. The molecule has 0 aliphatic heterocycles. The fourth-order valence-electron chi connectivity index (χ4n) is 1.83. The Bertz CT molecular complexity index is 456.